The molecule has 5 N–H and O–H groups in total. The number of non-ortho nitro benzene ring substituents is 1. The van der Waals surface area contributed by atoms with Crippen molar-refractivity contribution in [3.8, 4) is 0 Å². The van der Waals surface area contributed by atoms with Crippen molar-refractivity contribution in [2.45, 2.75) is 102 Å². The topological polar surface area (TPSA) is 193 Å². The van der Waals surface area contributed by atoms with Crippen molar-refractivity contribution in [3.63, 3.8) is 0 Å². The predicted molar refractivity (Wildman–Crippen MR) is 141 cm³/mol. The van der Waals surface area contributed by atoms with Crippen molar-refractivity contribution < 1.29 is 34.4 Å². The second kappa shape index (κ2) is 15.4. The molecule has 2 aromatic rings. The molecule has 0 aliphatic carbocycles. The van der Waals surface area contributed by atoms with Crippen molar-refractivity contribution in [2.24, 2.45) is 0 Å². The van der Waals surface area contributed by atoms with Crippen LogP contribution in [0.1, 0.15) is 78.6 Å². The number of carbonyl (C=O) groups excluding carboxylic acids is 1. The Hall–Kier alpha value is -3.03. The van der Waals surface area contributed by atoms with E-state index in [4.69, 9.17) is 4.74 Å². The number of nitrogens with zero attached hydrogens (tertiary/aromatic N) is 3. The van der Waals surface area contributed by atoms with Gasteiger partial charge >= 0.3 is 11.8 Å². The largest absolute Gasteiger partial charge is 0.444 e. The molecule has 2 rings (SSSR count). The van der Waals surface area contributed by atoms with E-state index in [1.807, 2.05) is 0 Å². The molecule has 0 unspecified atom stereocenters. The minimum Gasteiger partial charge on any atom is -0.444 e. The van der Waals surface area contributed by atoms with Gasteiger partial charge in [-0.2, -0.15) is 0 Å². The summed E-state index contributed by atoms with van der Waals surface area (Å²) in [4.78, 5) is 22.4. The monoisotopic (exact) mass is 539 g/mol. The molecule has 0 saturated heterocycles. The zero-order valence-corrected chi connectivity index (χ0v) is 22.4. The molecule has 0 bridgehead atoms. The number of aliphatic hydroxyl groups is 3. The van der Waals surface area contributed by atoms with Gasteiger partial charge in [0.05, 0.1) is 29.4 Å². The number of aliphatic hydroxyl groups excluding tert-OH is 3. The number of rotatable bonds is 17. The van der Waals surface area contributed by atoms with Crippen LogP contribution < -0.4 is 10.6 Å². The third-order valence-electron chi connectivity index (χ3n) is 6.04. The second-order valence-corrected chi connectivity index (χ2v) is 10.4. The van der Waals surface area contributed by atoms with Crippen LogP contribution in [0.3, 0.4) is 0 Å². The number of nitro groups is 1. The molecule has 1 aromatic carbocycles. The predicted octanol–water partition coefficient (Wildman–Crippen LogP) is 3.66. The fourth-order valence-corrected chi connectivity index (χ4v) is 4.04. The number of anilines is 1. The summed E-state index contributed by atoms with van der Waals surface area (Å²) in [5, 5.41) is 54.1. The van der Waals surface area contributed by atoms with E-state index in [1.54, 1.807) is 26.8 Å². The van der Waals surface area contributed by atoms with Gasteiger partial charge in [0.1, 0.15) is 11.7 Å². The lowest BCUT2D eigenvalue weighted by Crippen LogP contribution is -2.51. The van der Waals surface area contributed by atoms with Gasteiger partial charge in [0.15, 0.2) is 5.52 Å². The Kier molecular flexibility index (Phi) is 12.6. The van der Waals surface area contributed by atoms with E-state index in [-0.39, 0.29) is 11.2 Å². The molecule has 214 valence electrons. The smallest absolute Gasteiger partial charge is 0.408 e. The van der Waals surface area contributed by atoms with E-state index in [0.717, 1.165) is 51.4 Å². The Labute approximate surface area is 222 Å². The van der Waals surface area contributed by atoms with Crippen molar-refractivity contribution in [1.29, 1.82) is 0 Å². The Morgan fingerprint density at radius 3 is 2.26 bits per heavy atom. The van der Waals surface area contributed by atoms with Gasteiger partial charge in [-0.15, -0.1) is 0 Å². The summed E-state index contributed by atoms with van der Waals surface area (Å²) < 4.78 is 9.79. The van der Waals surface area contributed by atoms with Crippen molar-refractivity contribution >= 4 is 28.5 Å². The minimum absolute atomic E-state index is 0.132. The van der Waals surface area contributed by atoms with Gasteiger partial charge in [-0.25, -0.2) is 9.42 Å². The first kappa shape index (κ1) is 31.2. The molecule has 0 spiro atoms. The molecule has 1 amide bonds. The van der Waals surface area contributed by atoms with Crippen LogP contribution in [0.4, 0.5) is 16.2 Å². The first-order valence-electron chi connectivity index (χ1n) is 13.1. The van der Waals surface area contributed by atoms with Crippen LogP contribution in [0.15, 0.2) is 16.8 Å². The van der Waals surface area contributed by atoms with Gasteiger partial charge in [0.2, 0.25) is 5.52 Å². The molecule has 38 heavy (non-hydrogen) atoms. The number of alkyl carbamates (subject to hydrolysis) is 1. The summed E-state index contributed by atoms with van der Waals surface area (Å²) in [7, 11) is 0. The molecule has 0 radical (unpaired) electrons. The quantitative estimate of drug-likeness (QED) is 0.112. The highest BCUT2D eigenvalue weighted by Gasteiger charge is 2.28. The molecule has 0 saturated carbocycles. The second-order valence-electron chi connectivity index (χ2n) is 10.4. The summed E-state index contributed by atoms with van der Waals surface area (Å²) in [5.74, 6) is 0. The number of amides is 1. The van der Waals surface area contributed by atoms with Crippen LogP contribution in [0.25, 0.3) is 11.0 Å². The SMILES string of the molecule is CC(C)(C)OC(=O)N[C@@H](CO)[C@H](O)[C@H](O)CCCCCCCCCCNc1ccc([N+](=O)[O-])c2nonc12. The number of fused-ring (bicyclic) bond motifs is 1. The summed E-state index contributed by atoms with van der Waals surface area (Å²) in [6.07, 6.45) is 5.15. The summed E-state index contributed by atoms with van der Waals surface area (Å²) in [6.45, 7) is 5.33. The average Bonchev–Trinajstić information content (AvgIpc) is 3.34. The molecule has 1 heterocycles. The maximum Gasteiger partial charge on any atom is 0.408 e. The van der Waals surface area contributed by atoms with Crippen LogP contribution in [0, 0.1) is 10.1 Å². The van der Waals surface area contributed by atoms with Gasteiger partial charge in [0.25, 0.3) is 0 Å². The molecule has 13 heteroatoms. The van der Waals surface area contributed by atoms with Crippen LogP contribution in [0.2, 0.25) is 0 Å². The number of aromatic nitrogens is 2. The maximum absolute atomic E-state index is 11.9. The van der Waals surface area contributed by atoms with E-state index >= 15 is 0 Å². The van der Waals surface area contributed by atoms with E-state index in [9.17, 15) is 30.2 Å². The van der Waals surface area contributed by atoms with Gasteiger partial charge in [0, 0.05) is 12.6 Å². The number of benzene rings is 1. The van der Waals surface area contributed by atoms with Crippen LogP contribution in [-0.4, -0.2) is 73.7 Å². The summed E-state index contributed by atoms with van der Waals surface area (Å²) >= 11 is 0. The molecule has 0 fully saturated rings. The molecule has 3 atom stereocenters. The molecule has 0 aliphatic rings. The molecular weight excluding hydrogens is 498 g/mol. The highest BCUT2D eigenvalue weighted by Crippen LogP contribution is 2.28. The Balaban J connectivity index is 1.53. The number of nitrogens with one attached hydrogen (secondary N) is 2. The first-order chi connectivity index (χ1) is 18.0. The van der Waals surface area contributed by atoms with E-state index in [1.165, 1.54) is 6.07 Å². The Morgan fingerprint density at radius 1 is 1.05 bits per heavy atom. The number of nitro benzene ring substituents is 1. The zero-order valence-electron chi connectivity index (χ0n) is 22.4. The third-order valence-corrected chi connectivity index (χ3v) is 6.04. The highest BCUT2D eigenvalue weighted by atomic mass is 16.6. The van der Waals surface area contributed by atoms with E-state index in [0.29, 0.717) is 24.2 Å². The van der Waals surface area contributed by atoms with E-state index in [2.05, 4.69) is 25.6 Å². The number of carbonyl (C=O) groups is 1. The summed E-state index contributed by atoms with van der Waals surface area (Å²) in [5.41, 5.74) is 0.297. The molecule has 13 nitrogen and oxygen atoms in total. The summed E-state index contributed by atoms with van der Waals surface area (Å²) in [6, 6.07) is 2.00. The van der Waals surface area contributed by atoms with Gasteiger partial charge in [-0.05, 0) is 50.0 Å². The van der Waals surface area contributed by atoms with E-state index < -0.39 is 41.5 Å². The lowest BCUT2D eigenvalue weighted by Gasteiger charge is -2.28. The molecular formula is C25H41N5O8. The van der Waals surface area contributed by atoms with Crippen LogP contribution in [-0.2, 0) is 4.74 Å². The van der Waals surface area contributed by atoms with Crippen LogP contribution in [0.5, 0.6) is 0 Å². The fourth-order valence-electron chi connectivity index (χ4n) is 4.04. The lowest BCUT2D eigenvalue weighted by atomic mass is 9.99. The number of unbranched alkanes of at least 4 members (excludes halogenated alkanes) is 7. The fraction of sp³-hybridized carbons (Fsp3) is 0.720. The van der Waals surface area contributed by atoms with Crippen molar-refractivity contribution in [2.75, 3.05) is 18.5 Å². The third kappa shape index (κ3) is 10.4. The number of ether oxygens (including phenoxy) is 1. The number of hydrogen-bond donors (Lipinski definition) is 5. The minimum atomic E-state index is -1.29. The van der Waals surface area contributed by atoms with Crippen LogP contribution >= 0.6 is 0 Å². The standard InChI is InChI=1S/C25H41N5O8/c1-25(2,3)37-24(34)27-18(16-31)23(33)20(32)12-10-8-6-4-5-7-9-11-15-26-17-13-14-19(30(35)36)22-21(17)28-38-29-22/h13-14,18,20,23,26,31-33H,4-12,15-16H2,1-3H3,(H,27,34)/t18-,20+,23-/m0/s1. The molecule has 0 aliphatic heterocycles. The van der Waals surface area contributed by atoms with Gasteiger partial charge < -0.3 is 30.7 Å². The maximum atomic E-state index is 11.9. The van der Waals surface area contributed by atoms with Crippen molar-refractivity contribution in [3.05, 3.63) is 22.2 Å². The lowest BCUT2D eigenvalue weighted by molar-refractivity contribution is -0.383. The van der Waals surface area contributed by atoms with Gasteiger partial charge in [-0.3, -0.25) is 10.1 Å². The normalized spacial score (nSPS) is 14.2. The Bertz CT molecular complexity index is 1010. The van der Waals surface area contributed by atoms with Crippen molar-refractivity contribution in [1.82, 2.24) is 15.6 Å². The highest BCUT2D eigenvalue weighted by molar-refractivity contribution is 5.93. The number of hydrogen-bond acceptors (Lipinski definition) is 11. The zero-order chi connectivity index (χ0) is 28.1. The van der Waals surface area contributed by atoms with Gasteiger partial charge in [-0.1, -0.05) is 44.9 Å². The molecule has 1 aromatic heterocycles. The average molecular weight is 540 g/mol. The Morgan fingerprint density at radius 2 is 1.66 bits per heavy atom. The first-order valence-corrected chi connectivity index (χ1v) is 13.1.